The van der Waals surface area contributed by atoms with Crippen LogP contribution >= 0.6 is 0 Å². The molecule has 0 saturated carbocycles. The van der Waals surface area contributed by atoms with Crippen LogP contribution in [0.5, 0.6) is 0 Å². The number of carboxylic acids is 1. The van der Waals surface area contributed by atoms with Crippen LogP contribution in [0.1, 0.15) is 30.5 Å². The van der Waals surface area contributed by atoms with Gasteiger partial charge in [-0.05, 0) is 30.5 Å². The number of benzene rings is 2. The van der Waals surface area contributed by atoms with Gasteiger partial charge in [0.1, 0.15) is 0 Å². The molecule has 5 heteroatoms. The molecule has 2 aromatic rings. The normalized spacial score (nSPS) is 11.9. The van der Waals surface area contributed by atoms with Crippen molar-refractivity contribution in [2.75, 3.05) is 19.6 Å². The van der Waals surface area contributed by atoms with Crippen molar-refractivity contribution in [3.63, 3.8) is 0 Å². The zero-order chi connectivity index (χ0) is 18.8. The topological polar surface area (TPSA) is 69.6 Å². The zero-order valence-electron chi connectivity index (χ0n) is 15.1. The molecule has 2 N–H and O–H groups in total. The minimum absolute atomic E-state index is 0.0816. The molecule has 0 aliphatic carbocycles. The SMILES string of the molecule is CCCN(CC(=O)O)CC(=O)NC(Cc1ccccc1)c1ccccc1. The first kappa shape index (κ1) is 19.7. The van der Waals surface area contributed by atoms with Gasteiger partial charge in [0.25, 0.3) is 0 Å². The molecule has 0 aliphatic heterocycles. The van der Waals surface area contributed by atoms with E-state index in [4.69, 9.17) is 5.11 Å². The Morgan fingerprint density at radius 2 is 1.62 bits per heavy atom. The third-order valence-corrected chi connectivity index (χ3v) is 4.09. The number of nitrogens with one attached hydrogen (secondary N) is 1. The molecule has 2 rings (SSSR count). The van der Waals surface area contributed by atoms with Crippen molar-refractivity contribution >= 4 is 11.9 Å². The van der Waals surface area contributed by atoms with Crippen molar-refractivity contribution in [2.45, 2.75) is 25.8 Å². The predicted molar refractivity (Wildman–Crippen MR) is 102 cm³/mol. The smallest absolute Gasteiger partial charge is 0.317 e. The second-order valence-electron chi connectivity index (χ2n) is 6.32. The lowest BCUT2D eigenvalue weighted by atomic mass is 9.99. The van der Waals surface area contributed by atoms with Crippen LogP contribution in [0.2, 0.25) is 0 Å². The molecule has 0 heterocycles. The van der Waals surface area contributed by atoms with Gasteiger partial charge in [0.2, 0.25) is 5.91 Å². The van der Waals surface area contributed by atoms with Gasteiger partial charge in [0, 0.05) is 0 Å². The number of rotatable bonds is 10. The fourth-order valence-corrected chi connectivity index (χ4v) is 2.95. The molecule has 138 valence electrons. The third kappa shape index (κ3) is 6.69. The number of carbonyl (C=O) groups is 2. The minimum Gasteiger partial charge on any atom is -0.480 e. The van der Waals surface area contributed by atoms with Crippen molar-refractivity contribution in [3.8, 4) is 0 Å². The summed E-state index contributed by atoms with van der Waals surface area (Å²) in [5, 5.41) is 12.1. The van der Waals surface area contributed by atoms with Crippen LogP contribution in [0.3, 0.4) is 0 Å². The maximum Gasteiger partial charge on any atom is 0.317 e. The van der Waals surface area contributed by atoms with Crippen LogP contribution in [0, 0.1) is 0 Å². The summed E-state index contributed by atoms with van der Waals surface area (Å²) in [6, 6.07) is 19.7. The standard InChI is InChI=1S/C21H26N2O3/c1-2-13-23(16-21(25)26)15-20(24)22-19(18-11-7-4-8-12-18)14-17-9-5-3-6-10-17/h3-12,19H,2,13-16H2,1H3,(H,22,24)(H,25,26). The van der Waals surface area contributed by atoms with Crippen LogP contribution in [-0.4, -0.2) is 41.5 Å². The second kappa shape index (κ2) is 10.4. The number of hydrogen-bond acceptors (Lipinski definition) is 3. The van der Waals surface area contributed by atoms with Crippen molar-refractivity contribution in [3.05, 3.63) is 71.8 Å². The molecular weight excluding hydrogens is 328 g/mol. The number of amides is 1. The van der Waals surface area contributed by atoms with E-state index >= 15 is 0 Å². The largest absolute Gasteiger partial charge is 0.480 e. The lowest BCUT2D eigenvalue weighted by Gasteiger charge is -2.23. The third-order valence-electron chi connectivity index (χ3n) is 4.09. The van der Waals surface area contributed by atoms with E-state index in [2.05, 4.69) is 5.32 Å². The fourth-order valence-electron chi connectivity index (χ4n) is 2.95. The molecule has 5 nitrogen and oxygen atoms in total. The average molecular weight is 354 g/mol. The van der Waals surface area contributed by atoms with E-state index in [0.717, 1.165) is 17.5 Å². The summed E-state index contributed by atoms with van der Waals surface area (Å²) < 4.78 is 0. The highest BCUT2D eigenvalue weighted by Gasteiger charge is 2.18. The van der Waals surface area contributed by atoms with Crippen molar-refractivity contribution in [2.24, 2.45) is 0 Å². The number of aliphatic carboxylic acids is 1. The Hall–Kier alpha value is -2.66. The first-order chi connectivity index (χ1) is 12.6. The van der Waals surface area contributed by atoms with Gasteiger partial charge in [-0.25, -0.2) is 0 Å². The van der Waals surface area contributed by atoms with E-state index < -0.39 is 5.97 Å². The number of carboxylic acid groups (broad SMARTS) is 1. The van der Waals surface area contributed by atoms with Crippen LogP contribution in [0.15, 0.2) is 60.7 Å². The summed E-state index contributed by atoms with van der Waals surface area (Å²) in [7, 11) is 0. The fraction of sp³-hybridized carbons (Fsp3) is 0.333. The number of carbonyl (C=O) groups excluding carboxylic acids is 1. The van der Waals surface area contributed by atoms with E-state index in [-0.39, 0.29) is 25.0 Å². The van der Waals surface area contributed by atoms with Crippen molar-refractivity contribution in [1.29, 1.82) is 0 Å². The summed E-state index contributed by atoms with van der Waals surface area (Å²) in [6.07, 6.45) is 1.48. The van der Waals surface area contributed by atoms with Gasteiger partial charge in [-0.2, -0.15) is 0 Å². The van der Waals surface area contributed by atoms with Gasteiger partial charge in [-0.1, -0.05) is 67.6 Å². The predicted octanol–water partition coefficient (Wildman–Crippen LogP) is 2.88. The summed E-state index contributed by atoms with van der Waals surface area (Å²) in [5.74, 6) is -1.08. The molecule has 0 radical (unpaired) electrons. The van der Waals surface area contributed by atoms with Crippen LogP contribution in [0.25, 0.3) is 0 Å². The highest BCUT2D eigenvalue weighted by atomic mass is 16.4. The van der Waals surface area contributed by atoms with Crippen LogP contribution in [0.4, 0.5) is 0 Å². The van der Waals surface area contributed by atoms with Crippen molar-refractivity contribution in [1.82, 2.24) is 10.2 Å². The molecule has 2 aromatic carbocycles. The first-order valence-electron chi connectivity index (χ1n) is 8.91. The zero-order valence-corrected chi connectivity index (χ0v) is 15.1. The van der Waals surface area contributed by atoms with Gasteiger partial charge in [0.05, 0.1) is 19.1 Å². The van der Waals surface area contributed by atoms with E-state index in [1.807, 2.05) is 67.6 Å². The highest BCUT2D eigenvalue weighted by Crippen LogP contribution is 2.18. The van der Waals surface area contributed by atoms with Gasteiger partial charge in [-0.15, -0.1) is 0 Å². The summed E-state index contributed by atoms with van der Waals surface area (Å²) in [6.45, 7) is 2.50. The maximum absolute atomic E-state index is 12.5. The monoisotopic (exact) mass is 354 g/mol. The Morgan fingerprint density at radius 1 is 1.00 bits per heavy atom. The molecule has 1 atom stereocenters. The lowest BCUT2D eigenvalue weighted by molar-refractivity contribution is -0.138. The molecule has 26 heavy (non-hydrogen) atoms. The van der Waals surface area contributed by atoms with E-state index in [1.165, 1.54) is 0 Å². The lowest BCUT2D eigenvalue weighted by Crippen LogP contribution is -2.41. The quantitative estimate of drug-likeness (QED) is 0.688. The van der Waals surface area contributed by atoms with E-state index in [0.29, 0.717) is 13.0 Å². The Labute approximate surface area is 154 Å². The number of nitrogens with zero attached hydrogens (tertiary/aromatic N) is 1. The van der Waals surface area contributed by atoms with Gasteiger partial charge < -0.3 is 10.4 Å². The van der Waals surface area contributed by atoms with Gasteiger partial charge >= 0.3 is 5.97 Å². The molecule has 0 fully saturated rings. The van der Waals surface area contributed by atoms with Crippen LogP contribution in [-0.2, 0) is 16.0 Å². The maximum atomic E-state index is 12.5. The Balaban J connectivity index is 2.07. The summed E-state index contributed by atoms with van der Waals surface area (Å²) >= 11 is 0. The second-order valence-corrected chi connectivity index (χ2v) is 6.32. The molecule has 0 aromatic heterocycles. The molecule has 0 spiro atoms. The minimum atomic E-state index is -0.921. The molecule has 1 unspecified atom stereocenters. The van der Waals surface area contributed by atoms with E-state index in [9.17, 15) is 9.59 Å². The molecule has 0 saturated heterocycles. The molecule has 0 bridgehead atoms. The highest BCUT2D eigenvalue weighted by molar-refractivity contribution is 5.79. The molecule has 0 aliphatic rings. The number of hydrogen-bond donors (Lipinski definition) is 2. The van der Waals surface area contributed by atoms with Crippen molar-refractivity contribution < 1.29 is 14.7 Å². The van der Waals surface area contributed by atoms with Gasteiger partial charge in [-0.3, -0.25) is 14.5 Å². The van der Waals surface area contributed by atoms with Crippen LogP contribution < -0.4 is 5.32 Å². The Morgan fingerprint density at radius 3 is 2.19 bits per heavy atom. The summed E-state index contributed by atoms with van der Waals surface area (Å²) in [4.78, 5) is 25.2. The Kier molecular flexibility index (Phi) is 7.83. The average Bonchev–Trinajstić information content (AvgIpc) is 2.62. The first-order valence-corrected chi connectivity index (χ1v) is 8.91. The molecular formula is C21H26N2O3. The Bertz CT molecular complexity index is 689. The van der Waals surface area contributed by atoms with Gasteiger partial charge in [0.15, 0.2) is 0 Å². The van der Waals surface area contributed by atoms with E-state index in [1.54, 1.807) is 4.90 Å². The summed E-state index contributed by atoms with van der Waals surface area (Å²) in [5.41, 5.74) is 2.17. The molecule has 1 amide bonds.